The van der Waals surface area contributed by atoms with Crippen molar-refractivity contribution in [1.29, 1.82) is 0 Å². The molecule has 0 heterocycles. The Morgan fingerprint density at radius 3 is 2.70 bits per heavy atom. The average molecular weight is 271 g/mol. The van der Waals surface area contributed by atoms with Crippen molar-refractivity contribution in [2.45, 2.75) is 32.1 Å². The van der Waals surface area contributed by atoms with Gasteiger partial charge in [-0.2, -0.15) is 0 Å². The molecule has 0 saturated heterocycles. The van der Waals surface area contributed by atoms with Gasteiger partial charge < -0.3 is 10.6 Å². The van der Waals surface area contributed by atoms with E-state index in [-0.39, 0.29) is 0 Å². The van der Waals surface area contributed by atoms with Crippen LogP contribution in [-0.4, -0.2) is 25.6 Å². The summed E-state index contributed by atoms with van der Waals surface area (Å²) < 4.78 is 0. The van der Waals surface area contributed by atoms with Gasteiger partial charge in [0.1, 0.15) is 0 Å². The van der Waals surface area contributed by atoms with Crippen LogP contribution >= 0.6 is 0 Å². The zero-order valence-electron chi connectivity index (χ0n) is 12.3. The Bertz CT molecular complexity index is 451. The Balaban J connectivity index is 1.45. The molecule has 108 valence electrons. The van der Waals surface area contributed by atoms with Gasteiger partial charge in [0.05, 0.1) is 0 Å². The summed E-state index contributed by atoms with van der Waals surface area (Å²) >= 11 is 0. The zero-order chi connectivity index (χ0) is 13.8. The van der Waals surface area contributed by atoms with Crippen LogP contribution in [0.25, 0.3) is 0 Å². The Kier molecular flexibility index (Phi) is 4.24. The van der Waals surface area contributed by atoms with Crippen molar-refractivity contribution in [3.05, 3.63) is 35.9 Å². The van der Waals surface area contributed by atoms with Crippen LogP contribution in [0.2, 0.25) is 0 Å². The van der Waals surface area contributed by atoms with Gasteiger partial charge >= 0.3 is 0 Å². The fourth-order valence-electron chi connectivity index (χ4n) is 2.67. The second kappa shape index (κ2) is 6.29. The monoisotopic (exact) mass is 271 g/mol. The SMILES string of the molecule is CCNC(=NCC1CC1)NCC1CC1c1ccccc1. The van der Waals surface area contributed by atoms with E-state index in [2.05, 4.69) is 52.9 Å². The van der Waals surface area contributed by atoms with Crippen molar-refractivity contribution >= 4 is 5.96 Å². The summed E-state index contributed by atoms with van der Waals surface area (Å²) in [6, 6.07) is 10.9. The molecular formula is C17H25N3. The number of aliphatic imine (C=N–C) groups is 1. The number of nitrogens with one attached hydrogen (secondary N) is 2. The van der Waals surface area contributed by atoms with Crippen molar-refractivity contribution in [2.24, 2.45) is 16.8 Å². The van der Waals surface area contributed by atoms with Crippen molar-refractivity contribution in [2.75, 3.05) is 19.6 Å². The highest BCUT2D eigenvalue weighted by atomic mass is 15.2. The molecule has 2 saturated carbocycles. The molecule has 20 heavy (non-hydrogen) atoms. The molecule has 3 heteroatoms. The van der Waals surface area contributed by atoms with E-state index in [0.29, 0.717) is 0 Å². The Hall–Kier alpha value is -1.51. The van der Waals surface area contributed by atoms with Crippen LogP contribution in [0.5, 0.6) is 0 Å². The predicted molar refractivity (Wildman–Crippen MR) is 84.0 cm³/mol. The van der Waals surface area contributed by atoms with Gasteiger partial charge in [0.2, 0.25) is 0 Å². The smallest absolute Gasteiger partial charge is 0.191 e. The van der Waals surface area contributed by atoms with Gasteiger partial charge in [-0.1, -0.05) is 30.3 Å². The first-order chi connectivity index (χ1) is 9.86. The normalized spacial score (nSPS) is 25.4. The van der Waals surface area contributed by atoms with E-state index < -0.39 is 0 Å². The fourth-order valence-corrected chi connectivity index (χ4v) is 2.67. The average Bonchev–Trinajstić information content (AvgIpc) is 3.38. The fraction of sp³-hybridized carbons (Fsp3) is 0.588. The van der Waals surface area contributed by atoms with Gasteiger partial charge in [0.15, 0.2) is 5.96 Å². The molecule has 1 aromatic carbocycles. The molecule has 0 aromatic heterocycles. The van der Waals surface area contributed by atoms with E-state index in [0.717, 1.165) is 43.3 Å². The van der Waals surface area contributed by atoms with Gasteiger partial charge in [-0.05, 0) is 49.5 Å². The van der Waals surface area contributed by atoms with Crippen molar-refractivity contribution in [1.82, 2.24) is 10.6 Å². The second-order valence-electron chi connectivity index (χ2n) is 6.06. The van der Waals surface area contributed by atoms with Crippen LogP contribution in [0, 0.1) is 11.8 Å². The maximum atomic E-state index is 4.67. The number of hydrogen-bond donors (Lipinski definition) is 2. The van der Waals surface area contributed by atoms with Gasteiger partial charge in [-0.3, -0.25) is 4.99 Å². The lowest BCUT2D eigenvalue weighted by Gasteiger charge is -2.11. The summed E-state index contributed by atoms with van der Waals surface area (Å²) in [7, 11) is 0. The van der Waals surface area contributed by atoms with E-state index in [4.69, 9.17) is 0 Å². The summed E-state index contributed by atoms with van der Waals surface area (Å²) in [5, 5.41) is 6.85. The lowest BCUT2D eigenvalue weighted by Crippen LogP contribution is -2.38. The molecule has 2 aliphatic carbocycles. The molecular weight excluding hydrogens is 246 g/mol. The minimum atomic E-state index is 0.745. The lowest BCUT2D eigenvalue weighted by molar-refractivity contribution is 0.715. The number of nitrogens with zero attached hydrogens (tertiary/aromatic N) is 1. The minimum absolute atomic E-state index is 0.745. The third kappa shape index (κ3) is 3.75. The van der Waals surface area contributed by atoms with Crippen molar-refractivity contribution in [3.8, 4) is 0 Å². The molecule has 3 rings (SSSR count). The van der Waals surface area contributed by atoms with Gasteiger partial charge in [-0.15, -0.1) is 0 Å². The third-order valence-corrected chi connectivity index (χ3v) is 4.23. The number of guanidine groups is 1. The summed E-state index contributed by atoms with van der Waals surface area (Å²) in [5.74, 6) is 3.36. The third-order valence-electron chi connectivity index (χ3n) is 4.23. The maximum absolute atomic E-state index is 4.67. The molecule has 0 radical (unpaired) electrons. The highest BCUT2D eigenvalue weighted by Gasteiger charge is 2.37. The van der Waals surface area contributed by atoms with E-state index >= 15 is 0 Å². The molecule has 0 bridgehead atoms. The number of rotatable bonds is 6. The summed E-state index contributed by atoms with van der Waals surface area (Å²) in [6.07, 6.45) is 4.03. The summed E-state index contributed by atoms with van der Waals surface area (Å²) in [5.41, 5.74) is 1.49. The molecule has 2 unspecified atom stereocenters. The lowest BCUT2D eigenvalue weighted by atomic mass is 10.1. The van der Waals surface area contributed by atoms with Crippen LogP contribution in [0.4, 0.5) is 0 Å². The first-order valence-electron chi connectivity index (χ1n) is 7.94. The molecule has 2 N–H and O–H groups in total. The van der Waals surface area contributed by atoms with Gasteiger partial charge in [0, 0.05) is 19.6 Å². The molecule has 0 amide bonds. The Morgan fingerprint density at radius 2 is 2.00 bits per heavy atom. The highest BCUT2D eigenvalue weighted by Crippen LogP contribution is 2.46. The van der Waals surface area contributed by atoms with Gasteiger partial charge in [0.25, 0.3) is 0 Å². The number of hydrogen-bond acceptors (Lipinski definition) is 1. The van der Waals surface area contributed by atoms with Crippen LogP contribution in [0.3, 0.4) is 0 Å². The zero-order valence-corrected chi connectivity index (χ0v) is 12.3. The topological polar surface area (TPSA) is 36.4 Å². The molecule has 1 aromatic rings. The minimum Gasteiger partial charge on any atom is -0.357 e. The van der Waals surface area contributed by atoms with E-state index in [1.165, 1.54) is 24.8 Å². The molecule has 3 nitrogen and oxygen atoms in total. The van der Waals surface area contributed by atoms with Crippen LogP contribution in [0.15, 0.2) is 35.3 Å². The first-order valence-corrected chi connectivity index (χ1v) is 7.94. The number of benzene rings is 1. The van der Waals surface area contributed by atoms with E-state index in [1.807, 2.05) is 0 Å². The molecule has 2 atom stereocenters. The predicted octanol–water partition coefficient (Wildman–Crippen LogP) is 2.76. The quantitative estimate of drug-likeness (QED) is 0.616. The highest BCUT2D eigenvalue weighted by molar-refractivity contribution is 5.79. The molecule has 0 aliphatic heterocycles. The van der Waals surface area contributed by atoms with E-state index in [9.17, 15) is 0 Å². The van der Waals surface area contributed by atoms with Crippen molar-refractivity contribution < 1.29 is 0 Å². The van der Waals surface area contributed by atoms with Crippen LogP contribution in [-0.2, 0) is 0 Å². The Morgan fingerprint density at radius 1 is 1.20 bits per heavy atom. The summed E-state index contributed by atoms with van der Waals surface area (Å²) in [4.78, 5) is 4.67. The standard InChI is InChI=1S/C17H25N3/c1-2-18-17(19-11-13-8-9-13)20-12-15-10-16(15)14-6-4-3-5-7-14/h3-7,13,15-16H,2,8-12H2,1H3,(H2,18,19,20). The van der Waals surface area contributed by atoms with Gasteiger partial charge in [-0.25, -0.2) is 0 Å². The first kappa shape index (κ1) is 13.5. The largest absolute Gasteiger partial charge is 0.357 e. The molecule has 0 spiro atoms. The molecule has 2 fully saturated rings. The van der Waals surface area contributed by atoms with Crippen molar-refractivity contribution in [3.63, 3.8) is 0 Å². The summed E-state index contributed by atoms with van der Waals surface area (Å²) in [6.45, 7) is 5.08. The van der Waals surface area contributed by atoms with E-state index in [1.54, 1.807) is 0 Å². The maximum Gasteiger partial charge on any atom is 0.191 e. The van der Waals surface area contributed by atoms with Crippen LogP contribution < -0.4 is 10.6 Å². The second-order valence-corrected chi connectivity index (χ2v) is 6.06. The Labute approximate surface area is 121 Å². The molecule has 2 aliphatic rings. The van der Waals surface area contributed by atoms with Crippen LogP contribution in [0.1, 0.15) is 37.7 Å².